The first-order valence-corrected chi connectivity index (χ1v) is 14.2. The number of aliphatic carboxylic acids is 1. The van der Waals surface area contributed by atoms with Gasteiger partial charge in [-0.15, -0.1) is 0 Å². The molecule has 0 radical (unpaired) electrons. The van der Waals surface area contributed by atoms with Gasteiger partial charge < -0.3 is 24.8 Å². The summed E-state index contributed by atoms with van der Waals surface area (Å²) in [5, 5.41) is 12.2. The van der Waals surface area contributed by atoms with Gasteiger partial charge in [-0.2, -0.15) is 0 Å². The minimum Gasteiger partial charge on any atom is -0.481 e. The molecule has 0 bridgehead atoms. The summed E-state index contributed by atoms with van der Waals surface area (Å²) in [6.45, 7) is 10.2. The van der Waals surface area contributed by atoms with Crippen molar-refractivity contribution in [2.45, 2.75) is 90.3 Å². The van der Waals surface area contributed by atoms with Gasteiger partial charge in [0.2, 0.25) is 0 Å². The van der Waals surface area contributed by atoms with Gasteiger partial charge in [0, 0.05) is 31.0 Å². The molecule has 2 aliphatic carbocycles. The van der Waals surface area contributed by atoms with Gasteiger partial charge in [0.1, 0.15) is 12.2 Å². The van der Waals surface area contributed by atoms with E-state index in [-0.39, 0.29) is 43.0 Å². The Morgan fingerprint density at radius 3 is 2.17 bits per heavy atom. The second-order valence-electron chi connectivity index (χ2n) is 12.8. The summed E-state index contributed by atoms with van der Waals surface area (Å²) < 4.78 is 11.5. The van der Waals surface area contributed by atoms with Gasteiger partial charge in [-0.25, -0.2) is 9.59 Å². The fourth-order valence-electron chi connectivity index (χ4n) is 6.21. The third-order valence-electron chi connectivity index (χ3n) is 7.67. The van der Waals surface area contributed by atoms with E-state index in [0.717, 1.165) is 35.1 Å². The minimum atomic E-state index is -0.902. The summed E-state index contributed by atoms with van der Waals surface area (Å²) in [6.07, 6.45) is 1.36. The predicted octanol–water partition coefficient (Wildman–Crippen LogP) is 6.57. The van der Waals surface area contributed by atoms with Gasteiger partial charge in [0.05, 0.1) is 0 Å². The van der Waals surface area contributed by atoms with Crippen LogP contribution in [0, 0.1) is 5.41 Å². The van der Waals surface area contributed by atoms with Crippen LogP contribution in [0.25, 0.3) is 11.1 Å². The Balaban J connectivity index is 1.50. The Morgan fingerprint density at radius 2 is 1.60 bits per heavy atom. The molecule has 2 aromatic carbocycles. The van der Waals surface area contributed by atoms with E-state index >= 15 is 0 Å². The van der Waals surface area contributed by atoms with Crippen molar-refractivity contribution in [3.63, 3.8) is 0 Å². The Labute approximate surface area is 237 Å². The predicted molar refractivity (Wildman–Crippen MR) is 153 cm³/mol. The smallest absolute Gasteiger partial charge is 0.410 e. The van der Waals surface area contributed by atoms with E-state index in [0.29, 0.717) is 12.8 Å². The number of rotatable bonds is 8. The lowest BCUT2D eigenvalue weighted by molar-refractivity contribution is -0.137. The molecule has 0 saturated heterocycles. The average Bonchev–Trinajstić information content (AvgIpc) is 3.16. The van der Waals surface area contributed by atoms with E-state index in [2.05, 4.69) is 43.4 Å². The molecular formula is C32H42N2O6. The molecule has 8 nitrogen and oxygen atoms in total. The van der Waals surface area contributed by atoms with Crippen molar-refractivity contribution in [2.24, 2.45) is 5.41 Å². The first-order valence-electron chi connectivity index (χ1n) is 14.2. The summed E-state index contributed by atoms with van der Waals surface area (Å²) in [4.78, 5) is 39.1. The van der Waals surface area contributed by atoms with Crippen LogP contribution in [-0.2, 0) is 14.3 Å². The number of carboxylic acid groups (broad SMARTS) is 1. The average molecular weight is 551 g/mol. The molecule has 2 aliphatic rings. The zero-order chi connectivity index (χ0) is 29.1. The van der Waals surface area contributed by atoms with Gasteiger partial charge >= 0.3 is 18.2 Å². The van der Waals surface area contributed by atoms with Crippen molar-refractivity contribution in [3.05, 3.63) is 59.7 Å². The van der Waals surface area contributed by atoms with Crippen LogP contribution in [0.3, 0.4) is 0 Å². The number of hydrogen-bond donors (Lipinski definition) is 2. The minimum absolute atomic E-state index is 0.0388. The maximum absolute atomic E-state index is 13.7. The second-order valence-corrected chi connectivity index (χ2v) is 12.8. The van der Waals surface area contributed by atoms with Crippen LogP contribution in [0.4, 0.5) is 9.59 Å². The topological polar surface area (TPSA) is 105 Å². The Hall–Kier alpha value is -3.55. The summed E-state index contributed by atoms with van der Waals surface area (Å²) in [7, 11) is 0. The number of nitrogens with one attached hydrogen (secondary N) is 1. The molecule has 2 unspecified atom stereocenters. The number of benzene rings is 2. The first kappa shape index (κ1) is 29.4. The maximum atomic E-state index is 13.7. The molecule has 2 aromatic rings. The highest BCUT2D eigenvalue weighted by Crippen LogP contribution is 2.45. The number of carbonyl (C=O) groups excluding carboxylic acids is 2. The number of alkyl carbamates (subject to hydrolysis) is 1. The van der Waals surface area contributed by atoms with E-state index in [9.17, 15) is 19.5 Å². The zero-order valence-electron chi connectivity index (χ0n) is 24.2. The van der Waals surface area contributed by atoms with Gasteiger partial charge in [-0.05, 0) is 74.1 Å². The van der Waals surface area contributed by atoms with Crippen LogP contribution in [0.2, 0.25) is 0 Å². The number of carbonyl (C=O) groups is 3. The van der Waals surface area contributed by atoms with Crippen molar-refractivity contribution in [2.75, 3.05) is 13.2 Å². The molecule has 40 heavy (non-hydrogen) atoms. The standard InChI is InChI=1S/C32H42N2O6/c1-31(2,3)40-29(37)33-21-17-22(19-32(4,5)18-21)34(16-10-15-28(35)36)30(38)39-20-27-25-13-8-6-11-23(25)24-12-7-9-14-26(24)27/h6-9,11-14,21-22,27H,10,15-20H2,1-5H3,(H,33,37)(H,35,36). The summed E-state index contributed by atoms with van der Waals surface area (Å²) in [5.41, 5.74) is 3.81. The molecule has 2 amide bonds. The van der Waals surface area contributed by atoms with Crippen LogP contribution >= 0.6 is 0 Å². The molecule has 0 aromatic heterocycles. The molecule has 0 spiro atoms. The zero-order valence-corrected chi connectivity index (χ0v) is 24.2. The summed E-state index contributed by atoms with van der Waals surface area (Å²) in [6, 6.07) is 16.0. The van der Waals surface area contributed by atoms with Crippen LogP contribution in [0.1, 0.15) is 83.8 Å². The lowest BCUT2D eigenvalue weighted by Gasteiger charge is -2.44. The molecule has 1 saturated carbocycles. The van der Waals surface area contributed by atoms with Crippen molar-refractivity contribution in [3.8, 4) is 11.1 Å². The Morgan fingerprint density at radius 1 is 1.00 bits per heavy atom. The van der Waals surface area contributed by atoms with Crippen LogP contribution in [-0.4, -0.2) is 59.0 Å². The SMILES string of the molecule is CC1(C)CC(NC(=O)OC(C)(C)C)CC(N(CCCC(=O)O)C(=O)OCC2c3ccccc3-c3ccccc32)C1. The molecule has 1 fully saturated rings. The molecule has 2 N–H and O–H groups in total. The van der Waals surface area contributed by atoms with E-state index in [4.69, 9.17) is 9.47 Å². The quantitative estimate of drug-likeness (QED) is 0.385. The van der Waals surface area contributed by atoms with E-state index < -0.39 is 23.8 Å². The van der Waals surface area contributed by atoms with E-state index in [1.165, 1.54) is 0 Å². The van der Waals surface area contributed by atoms with Crippen LogP contribution in [0.5, 0.6) is 0 Å². The number of carboxylic acids is 1. The van der Waals surface area contributed by atoms with Crippen molar-refractivity contribution >= 4 is 18.2 Å². The number of nitrogens with zero attached hydrogens (tertiary/aromatic N) is 1. The van der Waals surface area contributed by atoms with E-state index in [1.807, 2.05) is 45.0 Å². The number of amides is 2. The van der Waals surface area contributed by atoms with Gasteiger partial charge in [0.25, 0.3) is 0 Å². The number of ether oxygens (including phenoxy) is 2. The molecule has 8 heteroatoms. The van der Waals surface area contributed by atoms with Gasteiger partial charge in [0.15, 0.2) is 0 Å². The monoisotopic (exact) mass is 550 g/mol. The lowest BCUT2D eigenvalue weighted by atomic mass is 9.72. The summed E-state index contributed by atoms with van der Waals surface area (Å²) >= 11 is 0. The van der Waals surface area contributed by atoms with Gasteiger partial charge in [-0.3, -0.25) is 4.79 Å². The third kappa shape index (κ3) is 7.34. The van der Waals surface area contributed by atoms with Gasteiger partial charge in [-0.1, -0.05) is 62.4 Å². The van der Waals surface area contributed by atoms with Crippen molar-refractivity contribution in [1.29, 1.82) is 0 Å². The summed E-state index contributed by atoms with van der Waals surface area (Å²) in [5.74, 6) is -0.970. The molecule has 0 aliphatic heterocycles. The highest BCUT2D eigenvalue weighted by Gasteiger charge is 2.40. The Kier molecular flexibility index (Phi) is 8.76. The van der Waals surface area contributed by atoms with Crippen molar-refractivity contribution < 1.29 is 29.0 Å². The number of fused-ring (bicyclic) bond motifs is 3. The van der Waals surface area contributed by atoms with E-state index in [1.54, 1.807) is 4.90 Å². The van der Waals surface area contributed by atoms with Crippen LogP contribution < -0.4 is 5.32 Å². The normalized spacial score (nSPS) is 19.7. The highest BCUT2D eigenvalue weighted by atomic mass is 16.6. The molecule has 0 heterocycles. The maximum Gasteiger partial charge on any atom is 0.410 e. The second kappa shape index (κ2) is 11.9. The molecule has 2 atom stereocenters. The van der Waals surface area contributed by atoms with Crippen molar-refractivity contribution in [1.82, 2.24) is 10.2 Å². The number of hydrogen-bond acceptors (Lipinski definition) is 5. The van der Waals surface area contributed by atoms with Crippen LogP contribution in [0.15, 0.2) is 48.5 Å². The molecule has 4 rings (SSSR count). The Bertz CT molecular complexity index is 1190. The largest absolute Gasteiger partial charge is 0.481 e. The molecular weight excluding hydrogens is 508 g/mol. The fourth-order valence-corrected chi connectivity index (χ4v) is 6.21. The highest BCUT2D eigenvalue weighted by molar-refractivity contribution is 5.79. The first-order chi connectivity index (χ1) is 18.8. The molecule has 216 valence electrons. The third-order valence-corrected chi connectivity index (χ3v) is 7.67. The fraction of sp³-hybridized carbons (Fsp3) is 0.531. The lowest BCUT2D eigenvalue weighted by Crippen LogP contribution is -2.53.